The van der Waals surface area contributed by atoms with Crippen molar-refractivity contribution in [1.29, 1.82) is 0 Å². The van der Waals surface area contributed by atoms with E-state index in [-0.39, 0.29) is 48.3 Å². The van der Waals surface area contributed by atoms with Gasteiger partial charge in [-0.25, -0.2) is 4.57 Å². The van der Waals surface area contributed by atoms with Gasteiger partial charge in [-0.2, -0.15) is 0 Å². The standard InChI is InChI=1S/C21H23O8PS.Na.H/c1-3-8-27-18-13-20-21(31-10-9-28-20)12-15(18)16(22)6-4-14-5-7-17(26-2)19(11-14)29-30(23,24)25;;/h4-7,11-13H,3,8-10H2,1-2H3,(H2,23,24,25);;/q;+1;-1/b6-4+;;. The molecule has 0 fully saturated rings. The number of phosphoric ester groups is 1. The molecule has 0 amide bonds. The Kier molecular flexibility index (Phi) is 10.2. The van der Waals surface area contributed by atoms with Crippen LogP contribution in [0.25, 0.3) is 6.08 Å². The number of carbonyl (C=O) groups is 1. The number of thioether (sulfide) groups is 1. The summed E-state index contributed by atoms with van der Waals surface area (Å²) >= 11 is 1.62. The number of ether oxygens (including phenoxy) is 3. The second-order valence-electron chi connectivity index (χ2n) is 6.53. The summed E-state index contributed by atoms with van der Waals surface area (Å²) in [6.45, 7) is 3.05. The van der Waals surface area contributed by atoms with Gasteiger partial charge >= 0.3 is 37.4 Å². The topological polar surface area (TPSA) is 112 Å². The van der Waals surface area contributed by atoms with Crippen molar-refractivity contribution in [2.24, 2.45) is 0 Å². The van der Waals surface area contributed by atoms with Gasteiger partial charge in [-0.05, 0) is 36.3 Å². The first kappa shape index (κ1) is 26.8. The summed E-state index contributed by atoms with van der Waals surface area (Å²) in [6, 6.07) is 8.04. The number of allylic oxidation sites excluding steroid dienone is 1. The van der Waals surface area contributed by atoms with E-state index in [0.717, 1.165) is 17.1 Å². The number of methoxy groups -OCH3 is 1. The maximum atomic E-state index is 12.9. The first-order valence-corrected chi connectivity index (χ1v) is 12.0. The van der Waals surface area contributed by atoms with Gasteiger partial charge in [-0.15, -0.1) is 11.8 Å². The number of hydrogen-bond acceptors (Lipinski definition) is 7. The molecule has 0 bridgehead atoms. The Morgan fingerprint density at radius 2 is 2.03 bits per heavy atom. The van der Waals surface area contributed by atoms with E-state index < -0.39 is 7.82 Å². The van der Waals surface area contributed by atoms with Gasteiger partial charge in [0.15, 0.2) is 17.3 Å². The number of ketones is 1. The van der Waals surface area contributed by atoms with Crippen molar-refractivity contribution in [3.8, 4) is 23.0 Å². The van der Waals surface area contributed by atoms with Gasteiger partial charge in [-0.3, -0.25) is 14.6 Å². The molecule has 0 spiro atoms. The molecule has 0 aliphatic carbocycles. The normalized spacial score (nSPS) is 13.0. The van der Waals surface area contributed by atoms with Crippen LogP contribution in [0.15, 0.2) is 41.3 Å². The molecule has 0 saturated carbocycles. The third-order valence-electron chi connectivity index (χ3n) is 4.20. The molecule has 2 aromatic rings. The maximum absolute atomic E-state index is 12.9. The van der Waals surface area contributed by atoms with E-state index in [1.165, 1.54) is 31.4 Å². The van der Waals surface area contributed by atoms with E-state index in [1.54, 1.807) is 30.0 Å². The molecule has 1 aliphatic rings. The third-order valence-corrected chi connectivity index (χ3v) is 5.64. The smallest absolute Gasteiger partial charge is 1.00 e. The van der Waals surface area contributed by atoms with Gasteiger partial charge in [0.25, 0.3) is 0 Å². The number of carbonyl (C=O) groups excluding carboxylic acids is 1. The number of rotatable bonds is 9. The molecule has 1 aliphatic heterocycles. The molecule has 1 heterocycles. The number of hydrogen-bond donors (Lipinski definition) is 2. The summed E-state index contributed by atoms with van der Waals surface area (Å²) < 4.78 is 32.3. The molecule has 3 rings (SSSR count). The second kappa shape index (κ2) is 12.1. The summed E-state index contributed by atoms with van der Waals surface area (Å²) in [5.74, 6) is 1.73. The molecule has 2 aromatic carbocycles. The van der Waals surface area contributed by atoms with Crippen molar-refractivity contribution in [1.82, 2.24) is 0 Å². The van der Waals surface area contributed by atoms with Gasteiger partial charge < -0.3 is 20.2 Å². The van der Waals surface area contributed by atoms with Gasteiger partial charge in [0.2, 0.25) is 0 Å². The van der Waals surface area contributed by atoms with Gasteiger partial charge in [0.05, 0.1) is 30.8 Å². The Balaban J connectivity index is 0.00000272. The summed E-state index contributed by atoms with van der Waals surface area (Å²) in [5.41, 5.74) is 0.922. The molecule has 32 heavy (non-hydrogen) atoms. The fourth-order valence-electron chi connectivity index (χ4n) is 2.85. The summed E-state index contributed by atoms with van der Waals surface area (Å²) in [5, 5.41) is 0. The first-order chi connectivity index (χ1) is 14.8. The van der Waals surface area contributed by atoms with Crippen LogP contribution in [0.2, 0.25) is 0 Å². The minimum Gasteiger partial charge on any atom is -1.00 e. The predicted octanol–water partition coefficient (Wildman–Crippen LogP) is 1.45. The molecule has 2 N–H and O–H groups in total. The Morgan fingerprint density at radius 3 is 2.72 bits per heavy atom. The zero-order valence-electron chi connectivity index (χ0n) is 19.1. The number of fused-ring (bicyclic) bond motifs is 1. The van der Waals surface area contributed by atoms with Crippen LogP contribution in [0.1, 0.15) is 30.7 Å². The van der Waals surface area contributed by atoms with Crippen molar-refractivity contribution in [3.63, 3.8) is 0 Å². The monoisotopic (exact) mass is 490 g/mol. The SMILES string of the molecule is CCCOc1cc2c(cc1C(=O)/C=C/c1ccc(OC)c(OP(=O)(O)O)c1)SCCO2.[H-].[Na+]. The average Bonchev–Trinajstić information content (AvgIpc) is 2.74. The van der Waals surface area contributed by atoms with E-state index >= 15 is 0 Å². The van der Waals surface area contributed by atoms with Crippen LogP contribution >= 0.6 is 19.6 Å². The number of benzene rings is 2. The quantitative estimate of drug-likeness (QED) is 0.234. The van der Waals surface area contributed by atoms with Gasteiger partial charge in [-0.1, -0.05) is 19.1 Å². The molecule has 8 nitrogen and oxygen atoms in total. The van der Waals surface area contributed by atoms with Crippen LogP contribution in [-0.4, -0.2) is 41.6 Å². The minimum atomic E-state index is -4.76. The molecule has 11 heteroatoms. The van der Waals surface area contributed by atoms with Crippen molar-refractivity contribution < 1.29 is 68.9 Å². The molecule has 0 saturated heterocycles. The van der Waals surface area contributed by atoms with E-state index in [9.17, 15) is 9.36 Å². The van der Waals surface area contributed by atoms with E-state index in [0.29, 0.717) is 35.8 Å². The van der Waals surface area contributed by atoms with Crippen LogP contribution in [0.5, 0.6) is 23.0 Å². The third kappa shape index (κ3) is 7.28. The van der Waals surface area contributed by atoms with Crippen molar-refractivity contribution in [2.45, 2.75) is 18.2 Å². The summed E-state index contributed by atoms with van der Waals surface area (Å²) in [6.07, 6.45) is 3.70. The Bertz CT molecular complexity index is 1040. The zero-order chi connectivity index (χ0) is 22.4. The first-order valence-electron chi connectivity index (χ1n) is 9.52. The average molecular weight is 490 g/mol. The molecule has 0 radical (unpaired) electrons. The fourth-order valence-corrected chi connectivity index (χ4v) is 4.10. The van der Waals surface area contributed by atoms with E-state index in [2.05, 4.69) is 4.52 Å². The molecule has 0 unspecified atom stereocenters. The Hall–Kier alpha value is -1.45. The van der Waals surface area contributed by atoms with Crippen LogP contribution in [0.4, 0.5) is 0 Å². The van der Waals surface area contributed by atoms with Crippen LogP contribution in [0.3, 0.4) is 0 Å². The fraction of sp³-hybridized carbons (Fsp3) is 0.286. The second-order valence-corrected chi connectivity index (χ2v) is 8.83. The Morgan fingerprint density at radius 1 is 1.25 bits per heavy atom. The van der Waals surface area contributed by atoms with Crippen molar-refractivity contribution >= 4 is 31.4 Å². The predicted molar refractivity (Wildman–Crippen MR) is 119 cm³/mol. The Labute approximate surface area is 214 Å². The summed E-state index contributed by atoms with van der Waals surface area (Å²) in [7, 11) is -3.41. The molecular formula is C21H24NaO8PS. The van der Waals surface area contributed by atoms with Crippen LogP contribution in [-0.2, 0) is 4.57 Å². The van der Waals surface area contributed by atoms with Crippen LogP contribution in [0, 0.1) is 0 Å². The zero-order valence-corrected chi connectivity index (χ0v) is 21.8. The van der Waals surface area contributed by atoms with Crippen molar-refractivity contribution in [2.75, 3.05) is 26.1 Å². The molecule has 0 aromatic heterocycles. The largest absolute Gasteiger partial charge is 1.00 e. The minimum absolute atomic E-state index is 0. The molecule has 168 valence electrons. The van der Waals surface area contributed by atoms with E-state index in [1.807, 2.05) is 6.92 Å². The summed E-state index contributed by atoms with van der Waals surface area (Å²) in [4.78, 5) is 32.0. The maximum Gasteiger partial charge on any atom is 1.00 e. The molecular weight excluding hydrogens is 466 g/mol. The van der Waals surface area contributed by atoms with Gasteiger partial charge in [0.1, 0.15) is 11.5 Å². The van der Waals surface area contributed by atoms with Crippen LogP contribution < -0.4 is 48.3 Å². The van der Waals surface area contributed by atoms with Crippen molar-refractivity contribution in [3.05, 3.63) is 47.5 Å². The number of phosphoric acid groups is 1. The molecule has 0 atom stereocenters. The van der Waals surface area contributed by atoms with E-state index in [4.69, 9.17) is 24.0 Å². The van der Waals surface area contributed by atoms with Gasteiger partial charge in [0, 0.05) is 11.8 Å².